The summed E-state index contributed by atoms with van der Waals surface area (Å²) in [7, 11) is 0. The molecule has 4 nitrogen and oxygen atoms in total. The molecule has 29 heavy (non-hydrogen) atoms. The first-order valence-electron chi connectivity index (χ1n) is 10.5. The van der Waals surface area contributed by atoms with Gasteiger partial charge in [0.05, 0.1) is 11.2 Å². The van der Waals surface area contributed by atoms with Crippen molar-refractivity contribution in [3.05, 3.63) is 58.2 Å². The molecule has 0 aliphatic heterocycles. The zero-order valence-electron chi connectivity index (χ0n) is 16.7. The zero-order valence-corrected chi connectivity index (χ0v) is 17.5. The molecule has 0 spiro atoms. The number of pyridine rings is 1. The number of aromatic nitrogens is 2. The van der Waals surface area contributed by atoms with Gasteiger partial charge in [0.1, 0.15) is 9.71 Å². The average Bonchev–Trinajstić information content (AvgIpc) is 3.27. The number of nitrogens with two attached hydrogens (primary N) is 1. The summed E-state index contributed by atoms with van der Waals surface area (Å²) in [5.41, 5.74) is 11.6. The molecule has 2 N–H and O–H groups in total. The van der Waals surface area contributed by atoms with Crippen LogP contribution < -0.4 is 5.73 Å². The van der Waals surface area contributed by atoms with Crippen molar-refractivity contribution in [2.75, 3.05) is 5.73 Å². The number of carbonyl (C=O) groups is 1. The van der Waals surface area contributed by atoms with Crippen LogP contribution >= 0.6 is 11.3 Å². The molecule has 0 saturated carbocycles. The minimum atomic E-state index is -0.0139. The van der Waals surface area contributed by atoms with Gasteiger partial charge in [-0.15, -0.1) is 11.3 Å². The van der Waals surface area contributed by atoms with E-state index in [9.17, 15) is 4.79 Å². The van der Waals surface area contributed by atoms with Gasteiger partial charge in [0, 0.05) is 22.2 Å². The molecule has 3 aromatic heterocycles. The van der Waals surface area contributed by atoms with Gasteiger partial charge in [-0.3, -0.25) is 9.36 Å². The summed E-state index contributed by atoms with van der Waals surface area (Å²) in [6.07, 6.45) is 7.52. The molecule has 0 radical (unpaired) electrons. The number of aryl methyl sites for hydroxylation is 2. The van der Waals surface area contributed by atoms with Gasteiger partial charge < -0.3 is 5.73 Å². The third-order valence-corrected chi connectivity index (χ3v) is 7.12. The van der Waals surface area contributed by atoms with Gasteiger partial charge in [0.2, 0.25) is 0 Å². The number of hydrogen-bond acceptors (Lipinski definition) is 4. The van der Waals surface area contributed by atoms with Crippen molar-refractivity contribution in [2.24, 2.45) is 0 Å². The Kier molecular flexibility index (Phi) is 4.63. The summed E-state index contributed by atoms with van der Waals surface area (Å²) in [4.78, 5) is 20.0. The summed E-state index contributed by atoms with van der Waals surface area (Å²) < 4.78 is 1.92. The maximum atomic E-state index is 13.7. The van der Waals surface area contributed by atoms with Crippen LogP contribution in [0.4, 0.5) is 5.69 Å². The van der Waals surface area contributed by atoms with Crippen LogP contribution in [0.15, 0.2) is 36.4 Å². The Bertz CT molecular complexity index is 1230. The number of nitrogens with zero attached hydrogens (tertiary/aromatic N) is 2. The smallest absolute Gasteiger partial charge is 0.274 e. The Morgan fingerprint density at radius 2 is 1.97 bits per heavy atom. The summed E-state index contributed by atoms with van der Waals surface area (Å²) in [6.45, 7) is 2.18. The molecule has 1 aromatic carbocycles. The number of hydrogen-bond donors (Lipinski definition) is 1. The van der Waals surface area contributed by atoms with Crippen LogP contribution in [0.2, 0.25) is 0 Å². The van der Waals surface area contributed by atoms with E-state index in [-0.39, 0.29) is 5.91 Å². The first-order chi connectivity index (χ1) is 14.2. The van der Waals surface area contributed by atoms with Crippen LogP contribution in [-0.4, -0.2) is 15.5 Å². The molecule has 3 heterocycles. The lowest BCUT2D eigenvalue weighted by atomic mass is 9.95. The van der Waals surface area contributed by atoms with Crippen molar-refractivity contribution in [1.29, 1.82) is 0 Å². The normalized spacial score (nSPS) is 13.8. The highest BCUT2D eigenvalue weighted by Crippen LogP contribution is 2.37. The molecule has 0 fully saturated rings. The lowest BCUT2D eigenvalue weighted by Gasteiger charge is -2.14. The first kappa shape index (κ1) is 18.4. The molecular formula is C24H25N3OS. The van der Waals surface area contributed by atoms with E-state index in [4.69, 9.17) is 10.7 Å². The van der Waals surface area contributed by atoms with E-state index in [1.807, 2.05) is 22.8 Å². The molecule has 0 saturated heterocycles. The van der Waals surface area contributed by atoms with Crippen LogP contribution in [0.3, 0.4) is 0 Å². The summed E-state index contributed by atoms with van der Waals surface area (Å²) in [6, 6.07) is 12.3. The second-order valence-electron chi connectivity index (χ2n) is 7.89. The molecule has 0 unspecified atom stereocenters. The molecule has 4 aromatic rings. The van der Waals surface area contributed by atoms with Gasteiger partial charge in [-0.2, -0.15) is 0 Å². The van der Waals surface area contributed by atoms with Crippen molar-refractivity contribution in [2.45, 2.75) is 51.9 Å². The lowest BCUT2D eigenvalue weighted by Crippen LogP contribution is -2.17. The van der Waals surface area contributed by atoms with E-state index >= 15 is 0 Å². The van der Waals surface area contributed by atoms with Gasteiger partial charge in [-0.1, -0.05) is 31.5 Å². The highest BCUT2D eigenvalue weighted by atomic mass is 32.1. The van der Waals surface area contributed by atoms with Crippen molar-refractivity contribution in [3.8, 4) is 0 Å². The molecule has 1 aliphatic carbocycles. The molecule has 0 bridgehead atoms. The van der Waals surface area contributed by atoms with Gasteiger partial charge >= 0.3 is 0 Å². The van der Waals surface area contributed by atoms with Crippen LogP contribution in [0.25, 0.3) is 21.1 Å². The molecule has 0 amide bonds. The number of benzene rings is 1. The Balaban J connectivity index is 1.64. The third kappa shape index (κ3) is 2.96. The maximum Gasteiger partial charge on any atom is 0.274 e. The number of nitrogen functional groups attached to an aromatic ring is 1. The summed E-state index contributed by atoms with van der Waals surface area (Å²) in [5, 5.41) is 2.10. The molecule has 0 atom stereocenters. The molecule has 1 aliphatic rings. The highest BCUT2D eigenvalue weighted by Gasteiger charge is 2.26. The van der Waals surface area contributed by atoms with E-state index < -0.39 is 0 Å². The summed E-state index contributed by atoms with van der Waals surface area (Å²) in [5.74, 6) is -0.0139. The van der Waals surface area contributed by atoms with Gasteiger partial charge in [0.15, 0.2) is 0 Å². The van der Waals surface area contributed by atoms with Crippen molar-refractivity contribution >= 4 is 44.1 Å². The van der Waals surface area contributed by atoms with Crippen LogP contribution in [0.5, 0.6) is 0 Å². The number of carbonyl (C=O) groups excluding carboxylic acids is 1. The van der Waals surface area contributed by atoms with Gasteiger partial charge in [-0.25, -0.2) is 4.98 Å². The fraction of sp³-hybridized carbons (Fsp3) is 0.333. The molecule has 5 rings (SSSR count). The molecule has 5 heteroatoms. The lowest BCUT2D eigenvalue weighted by molar-refractivity contribution is 0.0966. The Morgan fingerprint density at radius 3 is 2.83 bits per heavy atom. The Hall–Kier alpha value is -2.66. The van der Waals surface area contributed by atoms with E-state index in [0.717, 1.165) is 65.6 Å². The van der Waals surface area contributed by atoms with Gasteiger partial charge in [-0.05, 0) is 62.3 Å². The molecule has 148 valence electrons. The maximum absolute atomic E-state index is 13.7. The fourth-order valence-electron chi connectivity index (χ4n) is 4.52. The van der Waals surface area contributed by atoms with Crippen molar-refractivity contribution in [3.63, 3.8) is 0 Å². The quantitative estimate of drug-likeness (QED) is 0.472. The average molecular weight is 404 g/mol. The van der Waals surface area contributed by atoms with E-state index in [1.54, 1.807) is 0 Å². The fourth-order valence-corrected chi connectivity index (χ4v) is 5.56. The first-order valence-corrected chi connectivity index (χ1v) is 11.3. The van der Waals surface area contributed by atoms with Crippen molar-refractivity contribution in [1.82, 2.24) is 9.55 Å². The second-order valence-corrected chi connectivity index (χ2v) is 8.89. The van der Waals surface area contributed by atoms with E-state index in [1.165, 1.54) is 28.7 Å². The van der Waals surface area contributed by atoms with Crippen LogP contribution in [0, 0.1) is 0 Å². The highest BCUT2D eigenvalue weighted by molar-refractivity contribution is 7.21. The minimum absolute atomic E-state index is 0.0139. The van der Waals surface area contributed by atoms with Crippen molar-refractivity contribution < 1.29 is 4.79 Å². The largest absolute Gasteiger partial charge is 0.397 e. The predicted molar refractivity (Wildman–Crippen MR) is 121 cm³/mol. The number of thiophene rings is 1. The number of para-hydroxylation sites is 1. The third-order valence-electron chi connectivity index (χ3n) is 6.01. The second kappa shape index (κ2) is 7.30. The van der Waals surface area contributed by atoms with Crippen LogP contribution in [-0.2, 0) is 19.3 Å². The Morgan fingerprint density at radius 1 is 1.14 bits per heavy atom. The van der Waals surface area contributed by atoms with Gasteiger partial charge in [0.25, 0.3) is 5.91 Å². The summed E-state index contributed by atoms with van der Waals surface area (Å²) >= 11 is 1.43. The SMILES string of the molecule is CCCCc1ccc2c(N)c(C(=O)n3c4c(c5ccccc53)CCCC4)sc2n1. The zero-order chi connectivity index (χ0) is 20.0. The minimum Gasteiger partial charge on any atom is -0.397 e. The number of rotatable bonds is 4. The van der Waals surface area contributed by atoms with E-state index in [2.05, 4.69) is 25.1 Å². The van der Waals surface area contributed by atoms with E-state index in [0.29, 0.717) is 10.6 Å². The van der Waals surface area contributed by atoms with Crippen LogP contribution in [0.1, 0.15) is 59.2 Å². The Labute approximate surface area is 174 Å². The number of anilines is 1. The number of unbranched alkanes of at least 4 members (excludes halogenated alkanes) is 1. The topological polar surface area (TPSA) is 60.9 Å². The monoisotopic (exact) mass is 403 g/mol. The standard InChI is InChI=1S/C24H25N3OS/c1-2-3-8-15-13-14-18-21(25)22(29-23(18)26-15)24(28)27-19-11-6-4-9-16(19)17-10-5-7-12-20(17)27/h4,6,9,11,13-14H,2-3,5,7-8,10,12,25H2,1H3. The number of fused-ring (bicyclic) bond motifs is 4. The molecular weight excluding hydrogens is 378 g/mol. The predicted octanol–water partition coefficient (Wildman–Crippen LogP) is 5.74.